The molecule has 0 aliphatic rings. The number of phenolic OH excluding ortho intramolecular Hbond substituents is 1. The van der Waals surface area contributed by atoms with Gasteiger partial charge in [0, 0.05) is 27.7 Å². The van der Waals surface area contributed by atoms with E-state index in [1.807, 2.05) is 0 Å². The number of sulfonamides is 1. The molecule has 28 nitrogen and oxygen atoms in total. The lowest BCUT2D eigenvalue weighted by atomic mass is 10.0. The first-order valence-electron chi connectivity index (χ1n) is 18.8. The Morgan fingerprint density at radius 1 is 0.648 bits per heavy atom. The first-order chi connectivity index (χ1) is 33.6. The van der Waals surface area contributed by atoms with E-state index in [0.29, 0.717) is 28.9 Å². The van der Waals surface area contributed by atoms with Gasteiger partial charge in [-0.1, -0.05) is 10.1 Å². The van der Waals surface area contributed by atoms with Gasteiger partial charge in [0.25, 0.3) is 30.3 Å². The number of rotatable bonds is 22. The van der Waals surface area contributed by atoms with Crippen LogP contribution in [0.2, 0.25) is 0 Å². The minimum atomic E-state index is -5.27. The number of nitrogens with two attached hydrogens (primary N) is 2. The Hall–Kier alpha value is -6.48. The zero-order valence-electron chi connectivity index (χ0n) is 35.4. The van der Waals surface area contributed by atoms with Crippen LogP contribution in [0.4, 0.5) is 51.2 Å². The van der Waals surface area contributed by atoms with E-state index in [2.05, 4.69) is 54.2 Å². The summed E-state index contributed by atoms with van der Waals surface area (Å²) in [4.78, 5) is -3.20. The molecule has 0 atom stereocenters. The summed E-state index contributed by atoms with van der Waals surface area (Å²) in [5.41, 5.74) is 10.9. The van der Waals surface area contributed by atoms with Gasteiger partial charge in [-0.05, 0) is 91.0 Å². The van der Waals surface area contributed by atoms with Crippen LogP contribution in [0.15, 0.2) is 152 Å². The number of methoxy groups -OCH3 is 1. The number of fused-ring (bicyclic) bond motifs is 1. The third kappa shape index (κ3) is 13.5. The largest absolute Gasteiger partial charge is 0.505 e. The molecule has 0 aliphatic carbocycles. The summed E-state index contributed by atoms with van der Waals surface area (Å²) in [6.07, 6.45) is 0. The van der Waals surface area contributed by atoms with Crippen LogP contribution in [-0.2, 0) is 63.0 Å². The maximum atomic E-state index is 13.3. The number of benzene rings is 6. The molecule has 71 heavy (non-hydrogen) atoms. The van der Waals surface area contributed by atoms with E-state index < -0.39 is 101 Å². The minimum absolute atomic E-state index is 0.0895. The van der Waals surface area contributed by atoms with Gasteiger partial charge in [-0.15, -0.1) is 29.1 Å². The Morgan fingerprint density at radius 3 is 1.87 bits per heavy atom. The number of hydrogen-bond donors (Lipinski definition) is 8. The van der Waals surface area contributed by atoms with E-state index in [9.17, 15) is 47.9 Å². The minimum Gasteiger partial charge on any atom is -0.505 e. The zero-order chi connectivity index (χ0) is 51.7. The fourth-order valence-electron chi connectivity index (χ4n) is 5.92. The van der Waals surface area contributed by atoms with Crippen molar-refractivity contribution in [1.29, 1.82) is 0 Å². The lowest BCUT2D eigenvalue weighted by Crippen LogP contribution is -2.12. The molecule has 0 aromatic heterocycles. The topological polar surface area (TPSA) is 431 Å². The molecule has 0 radical (unpaired) electrons. The van der Waals surface area contributed by atoms with Gasteiger partial charge < -0.3 is 21.3 Å². The van der Waals surface area contributed by atoms with E-state index in [1.54, 1.807) is 18.2 Å². The van der Waals surface area contributed by atoms with Gasteiger partial charge in [0.1, 0.15) is 38.3 Å². The smallest absolute Gasteiger partial charge is 0.296 e. The van der Waals surface area contributed by atoms with Crippen LogP contribution < -0.4 is 20.9 Å². The standard InChI is InChI=1S/C37H33N9O19S6/c1-60-30-16-20(38)2-12-27(30)42-40-21-3-5-23(6-4-21)46-69(52,53)24-9-7-22(8-10-24)41-45-36-33(71(57,58)59)18-26-31(66-64-62-48)19-29(35(39)34(26)37(36)47)44-43-28-13-11-25(17-32(28)70(54,55)56)68(50,51)15-14-61-67-65-63-49/h2-13,16-19,46-49H,14-15,38-39H2,1H3,(H,54,55,56)(H,57,58,59). The number of nitrogens with zero attached hydrogens (tertiary/aromatic N) is 6. The van der Waals surface area contributed by atoms with Crippen molar-refractivity contribution in [2.24, 2.45) is 30.7 Å². The Balaban J connectivity index is 1.30. The van der Waals surface area contributed by atoms with E-state index >= 15 is 0 Å². The Labute approximate surface area is 409 Å². The molecule has 6 rings (SSSR count). The molecular weight excluding hydrogens is 1070 g/mol. The Morgan fingerprint density at radius 2 is 1.24 bits per heavy atom. The van der Waals surface area contributed by atoms with Gasteiger partial charge in [-0.3, -0.25) is 18.0 Å². The molecule has 6 aromatic rings. The van der Waals surface area contributed by atoms with Crippen molar-refractivity contribution in [2.75, 3.05) is 35.7 Å². The van der Waals surface area contributed by atoms with Gasteiger partial charge in [0.2, 0.25) is 0 Å². The average molecular weight is 1100 g/mol. The molecule has 10 N–H and O–H groups in total. The maximum Gasteiger partial charge on any atom is 0.296 e. The van der Waals surface area contributed by atoms with Crippen molar-refractivity contribution in [2.45, 2.75) is 24.5 Å². The molecule has 6 aromatic carbocycles. The number of ether oxygens (including phenoxy) is 1. The lowest BCUT2D eigenvalue weighted by molar-refractivity contribution is -0.434. The van der Waals surface area contributed by atoms with Crippen LogP contribution in [0.1, 0.15) is 0 Å². The second-order valence-corrected chi connectivity index (χ2v) is 21.5. The van der Waals surface area contributed by atoms with Crippen LogP contribution in [0.25, 0.3) is 10.8 Å². The van der Waals surface area contributed by atoms with Crippen LogP contribution in [0.3, 0.4) is 0 Å². The van der Waals surface area contributed by atoms with Crippen LogP contribution in [0, 0.1) is 0 Å². The second kappa shape index (κ2) is 22.7. The van der Waals surface area contributed by atoms with Crippen molar-refractivity contribution >= 4 is 126 Å². The van der Waals surface area contributed by atoms with Crippen molar-refractivity contribution in [3.05, 3.63) is 97.1 Å². The molecule has 0 saturated heterocycles. The van der Waals surface area contributed by atoms with E-state index in [1.165, 1.54) is 43.5 Å². The third-order valence-electron chi connectivity index (χ3n) is 9.13. The molecule has 376 valence electrons. The highest BCUT2D eigenvalue weighted by molar-refractivity contribution is 7.95. The molecule has 34 heteroatoms. The second-order valence-electron chi connectivity index (χ2n) is 13.6. The average Bonchev–Trinajstić information content (AvgIpc) is 3.32. The lowest BCUT2D eigenvalue weighted by Gasteiger charge is -2.14. The molecule has 0 amide bonds. The fraction of sp³-hybridized carbons (Fsp3) is 0.0811. The number of aromatic hydroxyl groups is 1. The summed E-state index contributed by atoms with van der Waals surface area (Å²) in [5.74, 6) is -1.41. The summed E-state index contributed by atoms with van der Waals surface area (Å²) >= 11 is 0.276. The predicted octanol–water partition coefficient (Wildman–Crippen LogP) is 8.46. The number of nitrogen functional groups attached to an aromatic ring is 2. The number of phenols is 1. The molecule has 0 saturated carbocycles. The normalized spacial score (nSPS) is 12.7. The summed E-state index contributed by atoms with van der Waals surface area (Å²) in [6, 6.07) is 19.5. The summed E-state index contributed by atoms with van der Waals surface area (Å²) in [6.45, 7) is -0.538. The van der Waals surface area contributed by atoms with E-state index in [-0.39, 0.29) is 50.9 Å². The quantitative estimate of drug-likeness (QED) is 0.00600. The number of anilines is 3. The van der Waals surface area contributed by atoms with Gasteiger partial charge >= 0.3 is 0 Å². The Kier molecular flexibility index (Phi) is 17.2. The van der Waals surface area contributed by atoms with Gasteiger partial charge in [-0.2, -0.15) is 27.1 Å². The third-order valence-corrected chi connectivity index (χ3v) is 15.0. The Bertz CT molecular complexity index is 3520. The van der Waals surface area contributed by atoms with Crippen molar-refractivity contribution in [1.82, 2.24) is 0 Å². The SMILES string of the molecule is COc1cc(N)ccc1N=Nc1ccc(NS(=O)(=O)c2ccc(N=Nc3c(S(=O)(=O)O)cc4c(SOOO)cc(N=Nc5ccc(S(=O)(=O)CCOSOOO)cc5S(=O)(=O)O)c(N)c4c3O)cc2)cc1. The summed E-state index contributed by atoms with van der Waals surface area (Å²) < 4.78 is 143. The van der Waals surface area contributed by atoms with Crippen molar-refractivity contribution in [3.8, 4) is 11.5 Å². The molecule has 0 aliphatic heterocycles. The van der Waals surface area contributed by atoms with Crippen LogP contribution in [0.5, 0.6) is 11.5 Å². The van der Waals surface area contributed by atoms with E-state index in [4.69, 9.17) is 30.9 Å². The van der Waals surface area contributed by atoms with Gasteiger partial charge in [-0.25, -0.2) is 27.4 Å². The summed E-state index contributed by atoms with van der Waals surface area (Å²) in [7, 11) is -17.5. The summed E-state index contributed by atoms with van der Waals surface area (Å²) in [5, 5.41) is 58.4. The monoisotopic (exact) mass is 1100 g/mol. The number of hydrogen-bond acceptors (Lipinski definition) is 27. The molecule has 0 bridgehead atoms. The highest BCUT2D eigenvalue weighted by Crippen LogP contribution is 2.49. The molecule has 0 fully saturated rings. The molecular formula is C37H33N9O19S6. The molecule has 0 spiro atoms. The molecule has 0 unspecified atom stereocenters. The number of sulfone groups is 1. The van der Waals surface area contributed by atoms with Crippen LogP contribution >= 0.6 is 24.4 Å². The first kappa shape index (κ1) is 53.9. The number of azo groups is 3. The van der Waals surface area contributed by atoms with Crippen molar-refractivity contribution in [3.63, 3.8) is 0 Å². The highest BCUT2D eigenvalue weighted by atomic mass is 32.2. The molecule has 0 heterocycles. The van der Waals surface area contributed by atoms with Gasteiger partial charge in [0.05, 0.1) is 63.8 Å². The highest BCUT2D eigenvalue weighted by Gasteiger charge is 2.27. The zero-order valence-corrected chi connectivity index (χ0v) is 40.3. The first-order valence-corrected chi connectivity index (χ1v) is 26.3. The predicted molar refractivity (Wildman–Crippen MR) is 251 cm³/mol. The van der Waals surface area contributed by atoms with Crippen molar-refractivity contribution < 1.29 is 86.1 Å². The van der Waals surface area contributed by atoms with E-state index in [0.717, 1.165) is 36.4 Å². The van der Waals surface area contributed by atoms with Gasteiger partial charge in [0.15, 0.2) is 27.9 Å². The fourth-order valence-corrected chi connectivity index (χ4v) is 10.3. The van der Waals surface area contributed by atoms with Crippen LogP contribution in [-0.4, -0.2) is 77.9 Å². The maximum absolute atomic E-state index is 13.3. The number of nitrogens with one attached hydrogen (secondary N) is 1.